The molecule has 0 spiro atoms. The quantitative estimate of drug-likeness (QED) is 0.832. The lowest BCUT2D eigenvalue weighted by Gasteiger charge is -2.38. The minimum atomic E-state index is -1.46. The van der Waals surface area contributed by atoms with Gasteiger partial charge in [-0.15, -0.1) is 0 Å². The van der Waals surface area contributed by atoms with Gasteiger partial charge < -0.3 is 15.3 Å². The molecule has 1 aromatic heterocycles. The summed E-state index contributed by atoms with van der Waals surface area (Å²) < 4.78 is 13.9. The van der Waals surface area contributed by atoms with Crippen LogP contribution in [0.5, 0.6) is 0 Å². The Morgan fingerprint density at radius 2 is 2.08 bits per heavy atom. The van der Waals surface area contributed by atoms with Crippen LogP contribution in [0.3, 0.4) is 0 Å². The first-order valence-electron chi connectivity index (χ1n) is 8.86. The lowest BCUT2D eigenvalue weighted by Crippen LogP contribution is -2.57. The smallest absolute Gasteiger partial charge is 0.256 e. The summed E-state index contributed by atoms with van der Waals surface area (Å²) in [6, 6.07) is 12.2. The second-order valence-electron chi connectivity index (χ2n) is 6.83. The summed E-state index contributed by atoms with van der Waals surface area (Å²) in [6.07, 6.45) is 1.08. The van der Waals surface area contributed by atoms with E-state index in [1.165, 1.54) is 11.0 Å². The van der Waals surface area contributed by atoms with Gasteiger partial charge in [0.05, 0.1) is 5.69 Å². The summed E-state index contributed by atoms with van der Waals surface area (Å²) >= 11 is 0. The van der Waals surface area contributed by atoms with E-state index in [0.29, 0.717) is 31.5 Å². The van der Waals surface area contributed by atoms with E-state index in [9.17, 15) is 14.3 Å². The highest BCUT2D eigenvalue weighted by Crippen LogP contribution is 2.24. The number of benzene rings is 1. The molecule has 6 heteroatoms. The molecular formula is C20H24FN3O2. The SMILES string of the molecule is Cc1cccc(CNC[C@@]2(O)CCCN(Cc3ccccc3F)C2=O)n1. The molecule has 2 heterocycles. The lowest BCUT2D eigenvalue weighted by atomic mass is 9.91. The van der Waals surface area contributed by atoms with Crippen molar-refractivity contribution < 1.29 is 14.3 Å². The zero-order chi connectivity index (χ0) is 18.6. The topological polar surface area (TPSA) is 65.5 Å². The Morgan fingerprint density at radius 1 is 1.27 bits per heavy atom. The number of carbonyl (C=O) groups excluding carboxylic acids is 1. The number of pyridine rings is 1. The molecule has 0 radical (unpaired) electrons. The first-order valence-corrected chi connectivity index (χ1v) is 8.86. The van der Waals surface area contributed by atoms with Crippen molar-refractivity contribution in [2.24, 2.45) is 0 Å². The van der Waals surface area contributed by atoms with Gasteiger partial charge in [-0.25, -0.2) is 4.39 Å². The number of aliphatic hydroxyl groups is 1. The fourth-order valence-corrected chi connectivity index (χ4v) is 3.31. The van der Waals surface area contributed by atoms with Gasteiger partial charge in [-0.05, 0) is 38.0 Å². The molecule has 5 nitrogen and oxygen atoms in total. The van der Waals surface area contributed by atoms with Crippen LogP contribution in [0, 0.1) is 12.7 Å². The van der Waals surface area contributed by atoms with Gasteiger partial charge in [0.2, 0.25) is 0 Å². The molecular weight excluding hydrogens is 333 g/mol. The summed E-state index contributed by atoms with van der Waals surface area (Å²) in [4.78, 5) is 18.7. The fourth-order valence-electron chi connectivity index (χ4n) is 3.31. The Labute approximate surface area is 152 Å². The van der Waals surface area contributed by atoms with Crippen LogP contribution in [0.15, 0.2) is 42.5 Å². The highest BCUT2D eigenvalue weighted by molar-refractivity contribution is 5.86. The second kappa shape index (κ2) is 7.93. The van der Waals surface area contributed by atoms with E-state index in [-0.39, 0.29) is 24.8 Å². The summed E-state index contributed by atoms with van der Waals surface area (Å²) in [5, 5.41) is 14.0. The van der Waals surface area contributed by atoms with Crippen molar-refractivity contribution in [1.82, 2.24) is 15.2 Å². The number of rotatable bonds is 6. The van der Waals surface area contributed by atoms with Gasteiger partial charge >= 0.3 is 0 Å². The molecule has 2 aromatic rings. The molecule has 0 bridgehead atoms. The molecule has 1 amide bonds. The van der Waals surface area contributed by atoms with Gasteiger partial charge in [0.1, 0.15) is 5.82 Å². The minimum Gasteiger partial charge on any atom is -0.379 e. The first-order chi connectivity index (χ1) is 12.5. The maximum Gasteiger partial charge on any atom is 0.256 e. The standard InChI is InChI=1S/C20H24FN3O2/c1-15-6-4-8-17(23-15)12-22-14-20(26)10-5-11-24(19(20)25)13-16-7-2-3-9-18(16)21/h2-4,6-9,22,26H,5,10-14H2,1H3/t20-/m0/s1. The second-order valence-corrected chi connectivity index (χ2v) is 6.83. The van der Waals surface area contributed by atoms with Crippen molar-refractivity contribution in [3.05, 3.63) is 65.2 Å². The summed E-state index contributed by atoms with van der Waals surface area (Å²) in [7, 11) is 0. The van der Waals surface area contributed by atoms with Crippen LogP contribution in [-0.4, -0.2) is 39.6 Å². The molecule has 1 fully saturated rings. The number of nitrogens with zero attached hydrogens (tertiary/aromatic N) is 2. The zero-order valence-corrected chi connectivity index (χ0v) is 14.9. The molecule has 0 unspecified atom stereocenters. The Bertz CT molecular complexity index is 783. The van der Waals surface area contributed by atoms with Gasteiger partial charge in [0, 0.05) is 37.4 Å². The van der Waals surface area contributed by atoms with E-state index in [1.54, 1.807) is 18.2 Å². The summed E-state index contributed by atoms with van der Waals surface area (Å²) in [5.74, 6) is -0.685. The van der Waals surface area contributed by atoms with Crippen LogP contribution in [0.25, 0.3) is 0 Å². The summed E-state index contributed by atoms with van der Waals surface area (Å²) in [6.45, 7) is 3.24. The highest BCUT2D eigenvalue weighted by Gasteiger charge is 2.41. The molecule has 138 valence electrons. The van der Waals surface area contributed by atoms with Crippen LogP contribution in [0.1, 0.15) is 29.8 Å². The molecule has 1 atom stereocenters. The van der Waals surface area contributed by atoms with Crippen LogP contribution >= 0.6 is 0 Å². The molecule has 1 aliphatic heterocycles. The Morgan fingerprint density at radius 3 is 2.85 bits per heavy atom. The van der Waals surface area contributed by atoms with Gasteiger partial charge in [-0.1, -0.05) is 24.3 Å². The number of piperidine rings is 1. The Balaban J connectivity index is 1.61. The van der Waals surface area contributed by atoms with E-state index in [1.807, 2.05) is 25.1 Å². The number of nitrogens with one attached hydrogen (secondary N) is 1. The maximum absolute atomic E-state index is 13.9. The van der Waals surface area contributed by atoms with Crippen molar-refractivity contribution in [2.45, 2.75) is 38.5 Å². The zero-order valence-electron chi connectivity index (χ0n) is 14.9. The van der Waals surface area contributed by atoms with Crippen molar-refractivity contribution in [3.63, 3.8) is 0 Å². The van der Waals surface area contributed by atoms with Crippen LogP contribution in [0.4, 0.5) is 4.39 Å². The summed E-state index contributed by atoms with van der Waals surface area (Å²) in [5.41, 5.74) is 0.780. The normalized spacial score (nSPS) is 20.4. The molecule has 1 aliphatic rings. The Kier molecular flexibility index (Phi) is 5.64. The molecule has 1 aromatic carbocycles. The first kappa shape index (κ1) is 18.5. The Hall–Kier alpha value is -2.31. The van der Waals surface area contributed by atoms with E-state index in [4.69, 9.17) is 0 Å². The van der Waals surface area contributed by atoms with E-state index in [2.05, 4.69) is 10.3 Å². The fraction of sp³-hybridized carbons (Fsp3) is 0.400. The van der Waals surface area contributed by atoms with Gasteiger partial charge in [-0.2, -0.15) is 0 Å². The number of carbonyl (C=O) groups is 1. The van der Waals surface area contributed by atoms with Crippen molar-refractivity contribution in [2.75, 3.05) is 13.1 Å². The number of aromatic nitrogens is 1. The number of hydrogen-bond acceptors (Lipinski definition) is 4. The number of aryl methyl sites for hydroxylation is 1. The van der Waals surface area contributed by atoms with Gasteiger partial charge in [0.15, 0.2) is 5.60 Å². The third-order valence-electron chi connectivity index (χ3n) is 4.69. The predicted octanol–water partition coefficient (Wildman–Crippen LogP) is 2.17. The third kappa shape index (κ3) is 4.26. The van der Waals surface area contributed by atoms with Crippen molar-refractivity contribution >= 4 is 5.91 Å². The van der Waals surface area contributed by atoms with Gasteiger partial charge in [-0.3, -0.25) is 9.78 Å². The average molecular weight is 357 g/mol. The molecule has 0 saturated carbocycles. The van der Waals surface area contributed by atoms with E-state index < -0.39 is 5.60 Å². The van der Waals surface area contributed by atoms with Gasteiger partial charge in [0.25, 0.3) is 5.91 Å². The largest absolute Gasteiger partial charge is 0.379 e. The third-order valence-corrected chi connectivity index (χ3v) is 4.69. The molecule has 0 aliphatic carbocycles. The number of halogens is 1. The molecule has 1 saturated heterocycles. The molecule has 2 N–H and O–H groups in total. The number of amides is 1. The van der Waals surface area contributed by atoms with Crippen LogP contribution in [0.2, 0.25) is 0 Å². The molecule has 26 heavy (non-hydrogen) atoms. The van der Waals surface area contributed by atoms with Crippen molar-refractivity contribution in [3.8, 4) is 0 Å². The van der Waals surface area contributed by atoms with E-state index >= 15 is 0 Å². The van der Waals surface area contributed by atoms with Crippen LogP contribution < -0.4 is 5.32 Å². The number of likely N-dealkylation sites (tertiary alicyclic amines) is 1. The van der Waals surface area contributed by atoms with E-state index in [0.717, 1.165) is 11.4 Å². The van der Waals surface area contributed by atoms with Crippen molar-refractivity contribution in [1.29, 1.82) is 0 Å². The average Bonchev–Trinajstić information content (AvgIpc) is 2.61. The molecule has 3 rings (SSSR count). The lowest BCUT2D eigenvalue weighted by molar-refractivity contribution is -0.157. The predicted molar refractivity (Wildman–Crippen MR) is 96.7 cm³/mol. The monoisotopic (exact) mass is 357 g/mol. The van der Waals surface area contributed by atoms with Crippen LogP contribution in [-0.2, 0) is 17.9 Å². The maximum atomic E-state index is 13.9. The number of hydrogen-bond donors (Lipinski definition) is 2. The highest BCUT2D eigenvalue weighted by atomic mass is 19.1. The minimum absolute atomic E-state index is 0.148.